The number of aromatic nitrogens is 1. The summed E-state index contributed by atoms with van der Waals surface area (Å²) in [6.07, 6.45) is 9.18. The molecule has 1 radical (unpaired) electrons. The fraction of sp³-hybridized carbons (Fsp3) is 0.462. The summed E-state index contributed by atoms with van der Waals surface area (Å²) >= 11 is 1.98. The van der Waals surface area contributed by atoms with Crippen LogP contribution in [-0.4, -0.2) is 15.9 Å². The Kier molecular flexibility index (Phi) is 12.8. The Balaban J connectivity index is 0.000000295. The Morgan fingerprint density at radius 3 is 2.05 bits per heavy atom. The molecule has 6 aromatic rings. The van der Waals surface area contributed by atoms with E-state index in [1.54, 1.807) is 5.56 Å². The van der Waals surface area contributed by atoms with Gasteiger partial charge in [-0.2, -0.15) is 0 Å². The van der Waals surface area contributed by atoms with Crippen molar-refractivity contribution in [1.29, 1.82) is 0 Å². The summed E-state index contributed by atoms with van der Waals surface area (Å²) in [7, 11) is 0. The minimum atomic E-state index is -0.337. The standard InChI is InChI=1S/C37H36NS.C15H28O2.Ir/c1-35(2,3)30-19-24(18-22-10-8-9-11-25(22)30)33-27-21-28-26-12-13-29-32(37(6,7)16-15-36(29,4)5)34(26)39-31(28)20-23(27)14-17-38-33;1-7-14(5,8-2)12(16)11-13(17)15(6,9-3)10-4;/h8-14,17,19-21H,15-16H2,1-7H3;11,16H,7-10H2,1-6H3;/q-1;;/b;12-11-;. The largest absolute Gasteiger partial charge is 0.512 e. The molecule has 5 heteroatoms. The topological polar surface area (TPSA) is 50.2 Å². The SMILES string of the molecule is CC(C)(C)c1cc(-c2nccc3cc4sc5c6c(ccc5c4cc23)C(C)(C)CCC6(C)C)[c-]c2ccccc12.CCC(C)(CC)C(=O)/C=C(\O)C(C)(CC)CC.[Ir]. The molecule has 0 amide bonds. The maximum Gasteiger partial charge on any atom is 0.164 e. The summed E-state index contributed by atoms with van der Waals surface area (Å²) in [4.78, 5) is 17.1. The van der Waals surface area contributed by atoms with Crippen molar-refractivity contribution in [2.75, 3.05) is 0 Å². The van der Waals surface area contributed by atoms with Gasteiger partial charge in [0.25, 0.3) is 0 Å². The van der Waals surface area contributed by atoms with Crippen LogP contribution < -0.4 is 0 Å². The number of hydrogen-bond donors (Lipinski definition) is 1. The van der Waals surface area contributed by atoms with Gasteiger partial charge in [0, 0.05) is 69.1 Å². The average Bonchev–Trinajstić information content (AvgIpc) is 3.54. The van der Waals surface area contributed by atoms with E-state index in [9.17, 15) is 9.90 Å². The van der Waals surface area contributed by atoms with Crippen LogP contribution in [0.3, 0.4) is 0 Å². The third-order valence-corrected chi connectivity index (χ3v) is 14.9. The molecule has 2 heterocycles. The number of fused-ring (bicyclic) bond motifs is 7. The Hall–Kier alpha value is -3.37. The summed E-state index contributed by atoms with van der Waals surface area (Å²) in [6.45, 7) is 28.7. The number of nitrogens with zero attached hydrogens (tertiary/aromatic N) is 1. The molecule has 1 N–H and O–H groups in total. The predicted octanol–water partition coefficient (Wildman–Crippen LogP) is 15.5. The third kappa shape index (κ3) is 8.28. The van der Waals surface area contributed by atoms with Crippen molar-refractivity contribution in [1.82, 2.24) is 4.98 Å². The van der Waals surface area contributed by atoms with Gasteiger partial charge in [0.15, 0.2) is 5.78 Å². The molecular formula is C52H64IrNO2S-. The first kappa shape index (κ1) is 44.7. The van der Waals surface area contributed by atoms with Crippen molar-refractivity contribution >= 4 is 58.8 Å². The molecule has 0 saturated carbocycles. The number of aliphatic hydroxyl groups excluding tert-OH is 1. The molecule has 0 saturated heterocycles. The van der Waals surface area contributed by atoms with E-state index in [1.807, 2.05) is 59.1 Å². The number of allylic oxidation sites excluding steroid dienone is 2. The van der Waals surface area contributed by atoms with Crippen LogP contribution in [0.2, 0.25) is 0 Å². The van der Waals surface area contributed by atoms with Crippen LogP contribution in [0.5, 0.6) is 0 Å². The molecule has 57 heavy (non-hydrogen) atoms. The Labute approximate surface area is 360 Å². The fourth-order valence-electron chi connectivity index (χ4n) is 8.50. The summed E-state index contributed by atoms with van der Waals surface area (Å²) < 4.78 is 2.83. The summed E-state index contributed by atoms with van der Waals surface area (Å²) in [5.41, 5.74) is 6.34. The molecular weight excluding hydrogens is 895 g/mol. The molecule has 0 unspecified atom stereocenters. The summed E-state index contributed by atoms with van der Waals surface area (Å²) in [5, 5.41) is 17.7. The van der Waals surface area contributed by atoms with Crippen LogP contribution in [0.1, 0.15) is 145 Å². The van der Waals surface area contributed by atoms with E-state index in [2.05, 4.69) is 115 Å². The normalized spacial score (nSPS) is 15.6. The maximum atomic E-state index is 12.2. The van der Waals surface area contributed by atoms with Gasteiger partial charge in [-0.1, -0.05) is 137 Å². The van der Waals surface area contributed by atoms with Crippen molar-refractivity contribution in [3.05, 3.63) is 101 Å². The van der Waals surface area contributed by atoms with Gasteiger partial charge in [-0.25, -0.2) is 0 Å². The molecule has 0 bridgehead atoms. The maximum absolute atomic E-state index is 12.2. The van der Waals surface area contributed by atoms with E-state index in [0.717, 1.165) is 42.3 Å². The molecule has 7 rings (SSSR count). The van der Waals surface area contributed by atoms with Gasteiger partial charge >= 0.3 is 0 Å². The van der Waals surface area contributed by atoms with Crippen molar-refractivity contribution in [3.8, 4) is 11.3 Å². The number of carbonyl (C=O) groups excluding carboxylic acids is 1. The van der Waals surface area contributed by atoms with Crippen LogP contribution >= 0.6 is 11.3 Å². The summed E-state index contributed by atoms with van der Waals surface area (Å²) in [5.74, 6) is 0.286. The van der Waals surface area contributed by atoms with Crippen LogP contribution in [0.15, 0.2) is 78.7 Å². The monoisotopic (exact) mass is 959 g/mol. The van der Waals surface area contributed by atoms with E-state index < -0.39 is 0 Å². The van der Waals surface area contributed by atoms with Gasteiger partial charge in [0.05, 0.1) is 0 Å². The zero-order valence-electron chi connectivity index (χ0n) is 36.7. The number of ketones is 1. The van der Waals surface area contributed by atoms with E-state index in [4.69, 9.17) is 4.98 Å². The third-order valence-electron chi connectivity index (χ3n) is 13.7. The first-order valence-electron chi connectivity index (χ1n) is 20.9. The molecule has 2 aromatic heterocycles. The van der Waals surface area contributed by atoms with Gasteiger partial charge in [-0.3, -0.25) is 9.78 Å². The van der Waals surface area contributed by atoms with E-state index in [0.29, 0.717) is 0 Å². The quantitative estimate of drug-likeness (QED) is 0.0939. The number of carbonyl (C=O) groups is 1. The first-order chi connectivity index (χ1) is 26.2. The molecule has 0 atom stereocenters. The van der Waals surface area contributed by atoms with Crippen molar-refractivity contribution < 1.29 is 30.0 Å². The van der Waals surface area contributed by atoms with Crippen molar-refractivity contribution in [2.24, 2.45) is 10.8 Å². The Morgan fingerprint density at radius 2 is 1.42 bits per heavy atom. The molecule has 0 fully saturated rings. The first-order valence-corrected chi connectivity index (χ1v) is 21.8. The second kappa shape index (κ2) is 16.4. The number of rotatable bonds is 8. The smallest absolute Gasteiger partial charge is 0.164 e. The second-order valence-electron chi connectivity index (χ2n) is 19.3. The Morgan fingerprint density at radius 1 is 0.789 bits per heavy atom. The van der Waals surface area contributed by atoms with Gasteiger partial charge in [0.1, 0.15) is 5.76 Å². The number of benzene rings is 4. The van der Waals surface area contributed by atoms with Crippen LogP contribution in [0.25, 0.3) is 53.0 Å². The van der Waals surface area contributed by atoms with Gasteiger partial charge in [-0.15, -0.1) is 40.5 Å². The molecule has 0 aliphatic heterocycles. The molecule has 4 aromatic carbocycles. The van der Waals surface area contributed by atoms with E-state index >= 15 is 0 Å². The zero-order chi connectivity index (χ0) is 41.0. The number of thiophene rings is 1. The minimum absolute atomic E-state index is 0. The van der Waals surface area contributed by atoms with Crippen LogP contribution in [0.4, 0.5) is 0 Å². The molecule has 1 aliphatic carbocycles. The molecule has 0 spiro atoms. The zero-order valence-corrected chi connectivity index (χ0v) is 39.9. The van der Waals surface area contributed by atoms with Crippen LogP contribution in [-0.2, 0) is 41.1 Å². The summed E-state index contributed by atoms with van der Waals surface area (Å²) in [6, 6.07) is 26.4. The molecule has 3 nitrogen and oxygen atoms in total. The fourth-order valence-corrected chi connectivity index (χ4v) is 9.96. The predicted molar refractivity (Wildman–Crippen MR) is 243 cm³/mol. The van der Waals surface area contributed by atoms with E-state index in [1.165, 1.54) is 66.4 Å². The Bertz CT molecular complexity index is 2470. The minimum Gasteiger partial charge on any atom is -0.512 e. The van der Waals surface area contributed by atoms with Gasteiger partial charge in [0.2, 0.25) is 0 Å². The molecule has 1 aliphatic rings. The number of hydrogen-bond acceptors (Lipinski definition) is 4. The average molecular weight is 959 g/mol. The van der Waals surface area contributed by atoms with Crippen molar-refractivity contribution in [2.45, 2.75) is 145 Å². The van der Waals surface area contributed by atoms with Gasteiger partial charge in [-0.05, 0) is 88.8 Å². The number of pyridine rings is 1. The number of aliphatic hydroxyl groups is 1. The van der Waals surface area contributed by atoms with Crippen molar-refractivity contribution in [3.63, 3.8) is 0 Å². The second-order valence-corrected chi connectivity index (χ2v) is 20.3. The van der Waals surface area contributed by atoms with E-state index in [-0.39, 0.29) is 58.7 Å². The van der Waals surface area contributed by atoms with Crippen LogP contribution in [0, 0.1) is 16.9 Å². The molecule has 305 valence electrons. The van der Waals surface area contributed by atoms with Gasteiger partial charge < -0.3 is 5.11 Å².